The van der Waals surface area contributed by atoms with Gasteiger partial charge in [0.1, 0.15) is 0 Å². The Morgan fingerprint density at radius 2 is 1.67 bits per heavy atom. The molecule has 6 heteroatoms. The Kier molecular flexibility index (Phi) is 6.57. The maximum atomic E-state index is 12.8. The molecule has 2 aromatic rings. The number of hydrogen-bond acceptors (Lipinski definition) is 4. The topological polar surface area (TPSA) is 70.7 Å². The molecular weight excluding hydrogens is 342 g/mol. The highest BCUT2D eigenvalue weighted by Gasteiger charge is 2.24. The number of aryl methyl sites for hydroxylation is 1. The third-order valence-electron chi connectivity index (χ3n) is 4.67. The second-order valence-corrected chi connectivity index (χ2v) is 6.53. The third-order valence-corrected chi connectivity index (χ3v) is 4.67. The Balaban J connectivity index is 1.68. The Labute approximate surface area is 159 Å². The predicted molar refractivity (Wildman–Crippen MR) is 104 cm³/mol. The fourth-order valence-electron chi connectivity index (χ4n) is 3.10. The summed E-state index contributed by atoms with van der Waals surface area (Å²) in [5, 5.41) is 6.00. The van der Waals surface area contributed by atoms with Gasteiger partial charge in [-0.3, -0.25) is 14.5 Å². The van der Waals surface area contributed by atoms with E-state index in [9.17, 15) is 9.59 Å². The van der Waals surface area contributed by atoms with Crippen LogP contribution >= 0.6 is 0 Å². The minimum absolute atomic E-state index is 0.140. The Bertz CT molecular complexity index is 773. The number of carbonyl (C=O) groups is 2. The van der Waals surface area contributed by atoms with Crippen molar-refractivity contribution in [1.82, 2.24) is 15.5 Å². The zero-order chi connectivity index (χ0) is 19.1. The van der Waals surface area contributed by atoms with Crippen molar-refractivity contribution in [3.05, 3.63) is 71.3 Å². The van der Waals surface area contributed by atoms with Crippen molar-refractivity contribution in [3.63, 3.8) is 0 Å². The van der Waals surface area contributed by atoms with E-state index < -0.39 is 0 Å². The van der Waals surface area contributed by atoms with Crippen LogP contribution in [0.1, 0.15) is 26.3 Å². The number of morpholine rings is 1. The average Bonchev–Trinajstić information content (AvgIpc) is 2.72. The number of amides is 2. The number of carbonyl (C=O) groups excluding carboxylic acids is 2. The van der Waals surface area contributed by atoms with Crippen molar-refractivity contribution in [2.45, 2.75) is 13.1 Å². The smallest absolute Gasteiger partial charge is 0.252 e. The quantitative estimate of drug-likeness (QED) is 0.817. The van der Waals surface area contributed by atoms with E-state index in [1.807, 2.05) is 49.4 Å². The molecule has 2 amide bonds. The molecule has 1 aliphatic rings. The normalized spacial score (nSPS) is 15.7. The number of benzene rings is 2. The van der Waals surface area contributed by atoms with Gasteiger partial charge in [0.25, 0.3) is 11.8 Å². The molecule has 1 heterocycles. The summed E-state index contributed by atoms with van der Waals surface area (Å²) in [4.78, 5) is 27.3. The number of rotatable bonds is 6. The van der Waals surface area contributed by atoms with Gasteiger partial charge in [0.05, 0.1) is 25.9 Å². The van der Waals surface area contributed by atoms with Crippen LogP contribution in [0.3, 0.4) is 0 Å². The monoisotopic (exact) mass is 367 g/mol. The van der Waals surface area contributed by atoms with Crippen LogP contribution in [0.25, 0.3) is 0 Å². The van der Waals surface area contributed by atoms with E-state index in [0.29, 0.717) is 44.0 Å². The van der Waals surface area contributed by atoms with Crippen LogP contribution in [0, 0.1) is 6.92 Å². The van der Waals surface area contributed by atoms with Crippen molar-refractivity contribution in [2.24, 2.45) is 0 Å². The highest BCUT2D eigenvalue weighted by Crippen LogP contribution is 2.09. The van der Waals surface area contributed by atoms with Gasteiger partial charge in [0.2, 0.25) is 0 Å². The van der Waals surface area contributed by atoms with E-state index in [4.69, 9.17) is 4.74 Å². The zero-order valence-electron chi connectivity index (χ0n) is 15.5. The van der Waals surface area contributed by atoms with E-state index in [1.165, 1.54) is 0 Å². The molecule has 2 aromatic carbocycles. The van der Waals surface area contributed by atoms with Gasteiger partial charge >= 0.3 is 0 Å². The summed E-state index contributed by atoms with van der Waals surface area (Å²) in [6.07, 6.45) is -0.298. The molecule has 6 nitrogen and oxygen atoms in total. The second-order valence-electron chi connectivity index (χ2n) is 6.53. The molecule has 3 rings (SSSR count). The van der Waals surface area contributed by atoms with E-state index in [0.717, 1.165) is 5.56 Å². The van der Waals surface area contributed by atoms with Crippen LogP contribution < -0.4 is 10.6 Å². The first-order valence-electron chi connectivity index (χ1n) is 9.16. The predicted octanol–water partition coefficient (Wildman–Crippen LogP) is 1.81. The Morgan fingerprint density at radius 1 is 1.00 bits per heavy atom. The number of nitrogens with zero attached hydrogens (tertiary/aromatic N) is 1. The molecule has 1 fully saturated rings. The van der Waals surface area contributed by atoms with Gasteiger partial charge in [-0.25, -0.2) is 0 Å². The summed E-state index contributed by atoms with van der Waals surface area (Å²) >= 11 is 0. The minimum Gasteiger partial charge on any atom is -0.379 e. The van der Waals surface area contributed by atoms with Crippen molar-refractivity contribution < 1.29 is 14.3 Å². The van der Waals surface area contributed by atoms with Crippen LogP contribution in [0.2, 0.25) is 0 Å². The first-order valence-corrected chi connectivity index (χ1v) is 9.16. The molecule has 0 aromatic heterocycles. The summed E-state index contributed by atoms with van der Waals surface area (Å²) < 4.78 is 5.41. The summed E-state index contributed by atoms with van der Waals surface area (Å²) in [5.74, 6) is -0.294. The minimum atomic E-state index is -0.298. The Morgan fingerprint density at radius 3 is 2.37 bits per heavy atom. The fraction of sp³-hybridized carbons (Fsp3) is 0.333. The lowest BCUT2D eigenvalue weighted by atomic mass is 10.1. The second kappa shape index (κ2) is 9.30. The van der Waals surface area contributed by atoms with Crippen molar-refractivity contribution in [3.8, 4) is 0 Å². The number of ether oxygens (including phenoxy) is 1. The number of hydrogen-bond donors (Lipinski definition) is 2. The zero-order valence-corrected chi connectivity index (χ0v) is 15.5. The van der Waals surface area contributed by atoms with Crippen LogP contribution in [-0.4, -0.2) is 55.7 Å². The largest absolute Gasteiger partial charge is 0.379 e. The lowest BCUT2D eigenvalue weighted by molar-refractivity contribution is 0.00936. The summed E-state index contributed by atoms with van der Waals surface area (Å²) in [6.45, 7) is 4.88. The SMILES string of the molecule is Cc1ccccc1C(=O)NC(CNC(=O)c1ccccc1)N1CCOCC1. The molecule has 2 N–H and O–H groups in total. The van der Waals surface area contributed by atoms with Crippen molar-refractivity contribution in [2.75, 3.05) is 32.8 Å². The molecule has 1 atom stereocenters. The third kappa shape index (κ3) is 5.15. The summed E-state index contributed by atoms with van der Waals surface area (Å²) in [7, 11) is 0. The molecule has 1 saturated heterocycles. The first-order chi connectivity index (χ1) is 13.1. The van der Waals surface area contributed by atoms with E-state index >= 15 is 0 Å². The van der Waals surface area contributed by atoms with Gasteiger partial charge in [-0.1, -0.05) is 36.4 Å². The lowest BCUT2D eigenvalue weighted by Crippen LogP contribution is -2.57. The lowest BCUT2D eigenvalue weighted by Gasteiger charge is -2.35. The number of nitrogens with one attached hydrogen (secondary N) is 2. The maximum Gasteiger partial charge on any atom is 0.252 e. The molecule has 0 radical (unpaired) electrons. The summed E-state index contributed by atoms with van der Waals surface area (Å²) in [6, 6.07) is 16.5. The highest BCUT2D eigenvalue weighted by atomic mass is 16.5. The van der Waals surface area contributed by atoms with Crippen molar-refractivity contribution >= 4 is 11.8 Å². The average molecular weight is 367 g/mol. The van der Waals surface area contributed by atoms with E-state index in [2.05, 4.69) is 15.5 Å². The molecule has 0 aliphatic carbocycles. The van der Waals surface area contributed by atoms with Crippen LogP contribution in [0.4, 0.5) is 0 Å². The standard InChI is InChI=1S/C21H25N3O3/c1-16-7-5-6-10-18(16)21(26)23-19(24-11-13-27-14-12-24)15-22-20(25)17-8-3-2-4-9-17/h2-10,19H,11-15H2,1H3,(H,22,25)(H,23,26). The Hall–Kier alpha value is -2.70. The van der Waals surface area contributed by atoms with Crippen LogP contribution in [0.15, 0.2) is 54.6 Å². The summed E-state index contributed by atoms with van der Waals surface area (Å²) in [5.41, 5.74) is 2.16. The van der Waals surface area contributed by atoms with E-state index in [-0.39, 0.29) is 18.0 Å². The fourth-order valence-corrected chi connectivity index (χ4v) is 3.10. The molecule has 27 heavy (non-hydrogen) atoms. The van der Waals surface area contributed by atoms with E-state index in [1.54, 1.807) is 12.1 Å². The molecule has 0 bridgehead atoms. The van der Waals surface area contributed by atoms with Gasteiger partial charge in [0, 0.05) is 24.2 Å². The molecule has 1 unspecified atom stereocenters. The van der Waals surface area contributed by atoms with Gasteiger partial charge in [0.15, 0.2) is 0 Å². The molecule has 0 saturated carbocycles. The maximum absolute atomic E-state index is 12.8. The van der Waals surface area contributed by atoms with Crippen LogP contribution in [0.5, 0.6) is 0 Å². The van der Waals surface area contributed by atoms with Crippen LogP contribution in [-0.2, 0) is 4.74 Å². The molecule has 1 aliphatic heterocycles. The highest BCUT2D eigenvalue weighted by molar-refractivity contribution is 5.96. The van der Waals surface area contributed by atoms with Gasteiger partial charge in [-0.2, -0.15) is 0 Å². The van der Waals surface area contributed by atoms with Gasteiger partial charge in [-0.05, 0) is 30.7 Å². The molecular formula is C21H25N3O3. The molecule has 142 valence electrons. The first kappa shape index (κ1) is 19.1. The van der Waals surface area contributed by atoms with Gasteiger partial charge < -0.3 is 15.4 Å². The van der Waals surface area contributed by atoms with Gasteiger partial charge in [-0.15, -0.1) is 0 Å². The van der Waals surface area contributed by atoms with Crippen molar-refractivity contribution in [1.29, 1.82) is 0 Å². The molecule has 0 spiro atoms.